The molecule has 2 aromatic carbocycles. The lowest BCUT2D eigenvalue weighted by Crippen LogP contribution is -2.49. The van der Waals surface area contributed by atoms with Gasteiger partial charge in [0.1, 0.15) is 6.10 Å². The highest BCUT2D eigenvalue weighted by molar-refractivity contribution is 5.72. The van der Waals surface area contributed by atoms with Gasteiger partial charge < -0.3 is 20.4 Å². The number of carboxylic acid groups (broad SMARTS) is 1. The van der Waals surface area contributed by atoms with E-state index in [1.54, 1.807) is 30.3 Å². The molecule has 7 heteroatoms. The topological polar surface area (TPSA) is 77.0 Å². The van der Waals surface area contributed by atoms with Crippen molar-refractivity contribution in [3.05, 3.63) is 71.3 Å². The Morgan fingerprint density at radius 3 is 2.30 bits per heavy atom. The van der Waals surface area contributed by atoms with E-state index in [2.05, 4.69) is 12.7 Å². The predicted octanol–water partition coefficient (Wildman–Crippen LogP) is 2.74. The monoisotopic (exact) mass is 383 g/mol. The quantitative estimate of drug-likeness (QED) is 0.799. The molecule has 3 N–H and O–H groups in total. The van der Waals surface area contributed by atoms with Crippen LogP contribution < -0.4 is 10.8 Å². The number of hydrogen-bond donors (Lipinski definition) is 1. The van der Waals surface area contributed by atoms with Gasteiger partial charge in [0.25, 0.3) is 0 Å². The second-order valence-electron chi connectivity index (χ2n) is 5.83. The molecule has 0 saturated heterocycles. The summed E-state index contributed by atoms with van der Waals surface area (Å²) in [6, 6.07) is 12.6. The molecule has 0 saturated carbocycles. The molecular weight excluding hydrogens is 359 g/mol. The van der Waals surface area contributed by atoms with Crippen molar-refractivity contribution in [2.45, 2.75) is 38.7 Å². The minimum Gasteiger partial charge on any atom is -0.547 e. The van der Waals surface area contributed by atoms with Gasteiger partial charge in [0, 0.05) is 0 Å². The molecule has 4 nitrogen and oxygen atoms in total. The Labute approximate surface area is 156 Å². The van der Waals surface area contributed by atoms with Crippen molar-refractivity contribution in [3.63, 3.8) is 0 Å². The number of rotatable bonds is 7. The molecule has 0 aliphatic heterocycles. The maximum Gasteiger partial charge on any atom is 0.416 e. The van der Waals surface area contributed by atoms with E-state index in [1.165, 1.54) is 25.0 Å². The van der Waals surface area contributed by atoms with Gasteiger partial charge in [0.05, 0.1) is 24.7 Å². The summed E-state index contributed by atoms with van der Waals surface area (Å²) in [5.41, 5.74) is 3.47. The summed E-state index contributed by atoms with van der Waals surface area (Å²) in [6.45, 7) is 3.00. The third kappa shape index (κ3) is 8.23. The molecule has 27 heavy (non-hydrogen) atoms. The first-order valence-electron chi connectivity index (χ1n) is 8.62. The number of carbonyl (C=O) groups is 1. The van der Waals surface area contributed by atoms with Gasteiger partial charge >= 0.3 is 6.18 Å². The maximum atomic E-state index is 12.6. The Morgan fingerprint density at radius 1 is 1.15 bits per heavy atom. The van der Waals surface area contributed by atoms with Gasteiger partial charge in [-0.15, -0.1) is 0 Å². The Balaban J connectivity index is 0.000000646. The average molecular weight is 383 g/mol. The van der Waals surface area contributed by atoms with Crippen LogP contribution in [0.1, 0.15) is 42.6 Å². The van der Waals surface area contributed by atoms with Crippen molar-refractivity contribution in [2.75, 3.05) is 6.54 Å². The average Bonchev–Trinajstić information content (AvgIpc) is 2.63. The molecule has 1 unspecified atom stereocenters. The number of halogens is 3. The van der Waals surface area contributed by atoms with Crippen molar-refractivity contribution in [2.24, 2.45) is 0 Å². The number of carboxylic acids is 1. The summed E-state index contributed by atoms with van der Waals surface area (Å²) < 4.78 is 43.1. The van der Waals surface area contributed by atoms with Crippen LogP contribution in [0, 0.1) is 0 Å². The van der Waals surface area contributed by atoms with E-state index in [0.29, 0.717) is 5.56 Å². The maximum absolute atomic E-state index is 12.6. The number of alkyl halides is 3. The fourth-order valence-electron chi connectivity index (χ4n) is 2.20. The van der Waals surface area contributed by atoms with Gasteiger partial charge in [-0.2, -0.15) is 13.2 Å². The number of aliphatic carboxylic acids is 1. The zero-order valence-electron chi connectivity index (χ0n) is 15.2. The smallest absolute Gasteiger partial charge is 0.416 e. The first-order valence-corrected chi connectivity index (χ1v) is 8.62. The lowest BCUT2D eigenvalue weighted by atomic mass is 10.1. The van der Waals surface area contributed by atoms with Crippen LogP contribution in [0.5, 0.6) is 0 Å². The van der Waals surface area contributed by atoms with E-state index in [9.17, 15) is 23.1 Å². The second-order valence-corrected chi connectivity index (χ2v) is 5.83. The molecule has 0 bridgehead atoms. The summed E-state index contributed by atoms with van der Waals surface area (Å²) in [6.07, 6.45) is -3.23. The lowest BCUT2D eigenvalue weighted by molar-refractivity contribution is -0.368. The molecule has 1 atom stereocenters. The first kappa shape index (κ1) is 22.7. The summed E-state index contributed by atoms with van der Waals surface area (Å²) in [4.78, 5) is 11.1. The van der Waals surface area contributed by atoms with Crippen LogP contribution in [0.15, 0.2) is 54.6 Å². The molecular formula is C20H24F3NO3. The number of quaternary nitrogens is 1. The van der Waals surface area contributed by atoms with Crippen molar-refractivity contribution in [3.8, 4) is 0 Å². The minimum atomic E-state index is -4.46. The number of ether oxygens (including phenoxy) is 1. The van der Waals surface area contributed by atoms with Crippen LogP contribution in [-0.2, 0) is 22.3 Å². The van der Waals surface area contributed by atoms with Gasteiger partial charge in [0.2, 0.25) is 0 Å². The summed E-state index contributed by atoms with van der Waals surface area (Å²) in [7, 11) is 0. The van der Waals surface area contributed by atoms with Gasteiger partial charge in [-0.3, -0.25) is 0 Å². The highest BCUT2D eigenvalue weighted by Gasteiger charge is 2.30. The third-order valence-corrected chi connectivity index (χ3v) is 3.59. The van der Waals surface area contributed by atoms with Crippen molar-refractivity contribution < 1.29 is 33.5 Å². The molecule has 0 amide bonds. The van der Waals surface area contributed by atoms with E-state index in [4.69, 9.17) is 4.74 Å². The van der Waals surface area contributed by atoms with Crippen molar-refractivity contribution >= 4 is 5.97 Å². The van der Waals surface area contributed by atoms with Gasteiger partial charge in [-0.25, -0.2) is 0 Å². The van der Waals surface area contributed by atoms with Crippen LogP contribution in [0.3, 0.4) is 0 Å². The van der Waals surface area contributed by atoms with E-state index >= 15 is 0 Å². The van der Waals surface area contributed by atoms with E-state index < -0.39 is 23.8 Å². The van der Waals surface area contributed by atoms with Gasteiger partial charge in [-0.1, -0.05) is 55.8 Å². The highest BCUT2D eigenvalue weighted by atomic mass is 19.4. The largest absolute Gasteiger partial charge is 0.547 e. The second kappa shape index (κ2) is 11.4. The van der Waals surface area contributed by atoms with E-state index in [1.807, 2.05) is 0 Å². The Bertz CT molecular complexity index is 688. The van der Waals surface area contributed by atoms with Crippen LogP contribution in [0.2, 0.25) is 0 Å². The molecule has 0 fully saturated rings. The van der Waals surface area contributed by atoms with Gasteiger partial charge in [-0.05, 0) is 29.7 Å². The number of benzene rings is 2. The van der Waals surface area contributed by atoms with Crippen LogP contribution in [-0.4, -0.2) is 12.5 Å². The number of unbranched alkanes of at least 4 members (excludes halogenated alkanes) is 1. The Kier molecular flexibility index (Phi) is 9.53. The molecule has 0 heterocycles. The van der Waals surface area contributed by atoms with Crippen molar-refractivity contribution in [1.82, 2.24) is 0 Å². The highest BCUT2D eigenvalue weighted by Crippen LogP contribution is 2.30. The summed E-state index contributed by atoms with van der Waals surface area (Å²) >= 11 is 0. The summed E-state index contributed by atoms with van der Waals surface area (Å²) in [5.74, 6) is -1.45. The minimum absolute atomic E-state index is 0.233. The summed E-state index contributed by atoms with van der Waals surface area (Å²) in [5, 5.41) is 11.1. The van der Waals surface area contributed by atoms with Crippen LogP contribution >= 0.6 is 0 Å². The first-order chi connectivity index (χ1) is 12.8. The van der Waals surface area contributed by atoms with Crippen molar-refractivity contribution in [1.29, 1.82) is 0 Å². The zero-order valence-corrected chi connectivity index (χ0v) is 15.2. The van der Waals surface area contributed by atoms with E-state index in [-0.39, 0.29) is 12.2 Å². The predicted molar refractivity (Wildman–Crippen MR) is 93.1 cm³/mol. The SMILES string of the molecule is CCCC[NH3+].O=C([O-])C(OCc1cccc(C(F)(F)F)c1)c1ccccc1. The Morgan fingerprint density at radius 2 is 1.81 bits per heavy atom. The molecule has 2 rings (SSSR count). The molecule has 0 aliphatic carbocycles. The normalized spacial score (nSPS) is 12.0. The number of carbonyl (C=O) groups excluding carboxylic acids is 1. The van der Waals surface area contributed by atoms with Crippen LogP contribution in [0.25, 0.3) is 0 Å². The standard InChI is InChI=1S/C16H13F3O3.C4H11N/c17-16(18,19)13-8-4-5-11(9-13)10-22-14(15(20)21)12-6-2-1-3-7-12;1-2-3-4-5/h1-9,14H,10H2,(H,20,21);2-5H2,1H3. The molecule has 0 aliphatic rings. The zero-order chi connectivity index (χ0) is 20.3. The fourth-order valence-corrected chi connectivity index (χ4v) is 2.20. The fraction of sp³-hybridized carbons (Fsp3) is 0.350. The lowest BCUT2D eigenvalue weighted by Gasteiger charge is -2.19. The van der Waals surface area contributed by atoms with Crippen LogP contribution in [0.4, 0.5) is 13.2 Å². The molecule has 2 aromatic rings. The van der Waals surface area contributed by atoms with E-state index in [0.717, 1.165) is 18.7 Å². The third-order valence-electron chi connectivity index (χ3n) is 3.59. The Hall–Kier alpha value is -2.38. The molecule has 148 valence electrons. The number of hydrogen-bond acceptors (Lipinski definition) is 3. The van der Waals surface area contributed by atoms with Gasteiger partial charge in [0.15, 0.2) is 0 Å². The molecule has 0 spiro atoms. The molecule has 0 aromatic heterocycles. The molecule has 0 radical (unpaired) electrons.